The number of rotatable bonds is 8. The van der Waals surface area contributed by atoms with E-state index in [1.165, 1.54) is 0 Å². The lowest BCUT2D eigenvalue weighted by Crippen LogP contribution is -2.45. The molecule has 0 spiro atoms. The van der Waals surface area contributed by atoms with E-state index in [0.717, 1.165) is 43.3 Å². The Labute approximate surface area is 176 Å². The highest BCUT2D eigenvalue weighted by Gasteiger charge is 2.21. The summed E-state index contributed by atoms with van der Waals surface area (Å²) in [6.45, 7) is 11.8. The van der Waals surface area contributed by atoms with E-state index in [1.807, 2.05) is 31.2 Å². The van der Waals surface area contributed by atoms with Gasteiger partial charge in [0.2, 0.25) is 17.6 Å². The van der Waals surface area contributed by atoms with Crippen molar-refractivity contribution in [1.82, 2.24) is 30.1 Å². The average molecular weight is 412 g/mol. The second kappa shape index (κ2) is 9.36. The molecule has 0 unspecified atom stereocenters. The number of aromatic nitrogens is 4. The Balaban J connectivity index is 1.27. The van der Waals surface area contributed by atoms with Gasteiger partial charge >= 0.3 is 0 Å². The van der Waals surface area contributed by atoms with Crippen LogP contribution in [0.3, 0.4) is 0 Å². The van der Waals surface area contributed by atoms with Gasteiger partial charge in [-0.3, -0.25) is 9.80 Å². The topological polar surface area (TPSA) is 93.6 Å². The minimum Gasteiger partial charge on any atom is -0.494 e. The van der Waals surface area contributed by atoms with Crippen molar-refractivity contribution in [3.05, 3.63) is 41.9 Å². The van der Waals surface area contributed by atoms with Crippen LogP contribution in [-0.4, -0.2) is 62.9 Å². The lowest BCUT2D eigenvalue weighted by Gasteiger charge is -2.32. The molecule has 30 heavy (non-hydrogen) atoms. The number of benzene rings is 1. The summed E-state index contributed by atoms with van der Waals surface area (Å²) in [5, 5.41) is 8.16. The zero-order valence-electron chi connectivity index (χ0n) is 17.7. The van der Waals surface area contributed by atoms with Gasteiger partial charge in [0.05, 0.1) is 19.7 Å². The van der Waals surface area contributed by atoms with Gasteiger partial charge in [0.25, 0.3) is 0 Å². The van der Waals surface area contributed by atoms with Crippen LogP contribution < -0.4 is 4.74 Å². The molecule has 3 aromatic rings. The van der Waals surface area contributed by atoms with Crippen molar-refractivity contribution in [2.45, 2.75) is 39.8 Å². The van der Waals surface area contributed by atoms with Gasteiger partial charge in [0, 0.05) is 37.7 Å². The first-order valence-electron chi connectivity index (χ1n) is 10.4. The van der Waals surface area contributed by atoms with Crippen LogP contribution in [0.2, 0.25) is 0 Å². The first-order valence-corrected chi connectivity index (χ1v) is 10.4. The molecule has 0 amide bonds. The summed E-state index contributed by atoms with van der Waals surface area (Å²) in [6, 6.07) is 7.73. The van der Waals surface area contributed by atoms with Crippen molar-refractivity contribution in [2.24, 2.45) is 0 Å². The number of piperazine rings is 1. The minimum absolute atomic E-state index is 0.279. The third-order valence-electron chi connectivity index (χ3n) is 5.07. The zero-order chi connectivity index (χ0) is 20.9. The fraction of sp³-hybridized carbons (Fsp3) is 0.524. The van der Waals surface area contributed by atoms with Crippen molar-refractivity contribution in [3.8, 4) is 17.1 Å². The predicted molar refractivity (Wildman–Crippen MR) is 110 cm³/mol. The number of nitrogens with zero attached hydrogens (tertiary/aromatic N) is 6. The van der Waals surface area contributed by atoms with Crippen molar-refractivity contribution in [3.63, 3.8) is 0 Å². The molecule has 1 saturated heterocycles. The second-order valence-corrected chi connectivity index (χ2v) is 7.72. The van der Waals surface area contributed by atoms with Crippen LogP contribution in [-0.2, 0) is 13.1 Å². The van der Waals surface area contributed by atoms with Crippen LogP contribution in [0.1, 0.15) is 44.3 Å². The first-order chi connectivity index (χ1) is 14.6. The molecular formula is C21H28N6O3. The van der Waals surface area contributed by atoms with Crippen molar-refractivity contribution < 1.29 is 13.8 Å². The average Bonchev–Trinajstić information content (AvgIpc) is 3.40. The summed E-state index contributed by atoms with van der Waals surface area (Å²) in [7, 11) is 0. The van der Waals surface area contributed by atoms with Gasteiger partial charge in [-0.15, -0.1) is 0 Å². The normalized spacial score (nSPS) is 15.7. The van der Waals surface area contributed by atoms with E-state index in [4.69, 9.17) is 13.8 Å². The van der Waals surface area contributed by atoms with E-state index in [0.29, 0.717) is 37.3 Å². The molecule has 9 heteroatoms. The zero-order valence-corrected chi connectivity index (χ0v) is 17.7. The summed E-state index contributed by atoms with van der Waals surface area (Å²) in [5.41, 5.74) is 0.915. The van der Waals surface area contributed by atoms with Crippen LogP contribution in [0.15, 0.2) is 33.3 Å². The Kier molecular flexibility index (Phi) is 6.39. The number of hydrogen-bond donors (Lipinski definition) is 0. The Bertz CT molecular complexity index is 928. The van der Waals surface area contributed by atoms with Gasteiger partial charge in [-0.05, 0) is 31.2 Å². The molecule has 9 nitrogen and oxygen atoms in total. The van der Waals surface area contributed by atoms with Gasteiger partial charge in [-0.25, -0.2) is 0 Å². The fourth-order valence-corrected chi connectivity index (χ4v) is 3.36. The third kappa shape index (κ3) is 5.03. The van der Waals surface area contributed by atoms with Crippen LogP contribution in [0.5, 0.6) is 5.75 Å². The first kappa shape index (κ1) is 20.5. The third-order valence-corrected chi connectivity index (χ3v) is 5.07. The van der Waals surface area contributed by atoms with Crippen molar-refractivity contribution in [2.75, 3.05) is 32.8 Å². The Morgan fingerprint density at radius 3 is 2.07 bits per heavy atom. The maximum absolute atomic E-state index is 5.47. The highest BCUT2D eigenvalue weighted by Crippen LogP contribution is 2.21. The van der Waals surface area contributed by atoms with E-state index in [9.17, 15) is 0 Å². The quantitative estimate of drug-likeness (QED) is 0.553. The smallest absolute Gasteiger partial charge is 0.241 e. The van der Waals surface area contributed by atoms with E-state index in [2.05, 4.69) is 43.9 Å². The minimum atomic E-state index is 0.279. The molecule has 160 valence electrons. The van der Waals surface area contributed by atoms with Gasteiger partial charge in [-0.1, -0.05) is 24.2 Å². The lowest BCUT2D eigenvalue weighted by atomic mass is 10.2. The van der Waals surface area contributed by atoms with Gasteiger partial charge in [0.15, 0.2) is 5.82 Å². The molecule has 0 N–H and O–H groups in total. The van der Waals surface area contributed by atoms with E-state index < -0.39 is 0 Å². The molecule has 1 fully saturated rings. The fourth-order valence-electron chi connectivity index (χ4n) is 3.36. The van der Waals surface area contributed by atoms with Crippen LogP contribution in [0, 0.1) is 0 Å². The van der Waals surface area contributed by atoms with E-state index in [1.54, 1.807) is 0 Å². The lowest BCUT2D eigenvalue weighted by molar-refractivity contribution is 0.103. The molecular weight excluding hydrogens is 384 g/mol. The largest absolute Gasteiger partial charge is 0.494 e. The Hall–Kier alpha value is -2.78. The van der Waals surface area contributed by atoms with Crippen molar-refractivity contribution >= 4 is 0 Å². The maximum atomic E-state index is 5.47. The molecule has 1 aliphatic heterocycles. The molecule has 2 aromatic heterocycles. The maximum Gasteiger partial charge on any atom is 0.241 e. The number of ether oxygens (including phenoxy) is 1. The molecule has 0 radical (unpaired) electrons. The highest BCUT2D eigenvalue weighted by atomic mass is 16.5. The summed E-state index contributed by atoms with van der Waals surface area (Å²) in [4.78, 5) is 13.7. The molecule has 4 rings (SSSR count). The summed E-state index contributed by atoms with van der Waals surface area (Å²) in [6.07, 6.45) is 0. The SMILES string of the molecule is CCOc1ccc(-c2noc(CN3CCN(Cc4nc(C(C)C)no4)CC3)n2)cc1. The number of hydrogen-bond acceptors (Lipinski definition) is 9. The van der Waals surface area contributed by atoms with Crippen LogP contribution >= 0.6 is 0 Å². The summed E-state index contributed by atoms with van der Waals surface area (Å²) in [5.74, 6) is 3.80. The highest BCUT2D eigenvalue weighted by molar-refractivity contribution is 5.55. The Morgan fingerprint density at radius 1 is 0.900 bits per heavy atom. The van der Waals surface area contributed by atoms with Gasteiger partial charge in [-0.2, -0.15) is 9.97 Å². The Morgan fingerprint density at radius 2 is 1.50 bits per heavy atom. The summed E-state index contributed by atoms with van der Waals surface area (Å²) < 4.78 is 16.3. The molecule has 0 aliphatic carbocycles. The molecule has 0 atom stereocenters. The van der Waals surface area contributed by atoms with Gasteiger partial charge < -0.3 is 13.8 Å². The molecule has 1 aromatic carbocycles. The van der Waals surface area contributed by atoms with Crippen LogP contribution in [0.25, 0.3) is 11.4 Å². The van der Waals surface area contributed by atoms with E-state index >= 15 is 0 Å². The molecule has 0 saturated carbocycles. The molecule has 1 aliphatic rings. The monoisotopic (exact) mass is 412 g/mol. The van der Waals surface area contributed by atoms with Gasteiger partial charge in [0.1, 0.15) is 5.75 Å². The second-order valence-electron chi connectivity index (χ2n) is 7.72. The molecule has 0 bridgehead atoms. The van der Waals surface area contributed by atoms with E-state index in [-0.39, 0.29) is 5.92 Å². The predicted octanol–water partition coefficient (Wildman–Crippen LogP) is 2.96. The standard InChI is InChI=1S/C21H28N6O3/c1-4-28-17-7-5-16(6-8-17)21-23-19(30-25-21)14-27-11-9-26(10-12-27)13-18-22-20(15(2)3)24-29-18/h5-8,15H,4,9-14H2,1-3H3. The van der Waals surface area contributed by atoms with Crippen LogP contribution in [0.4, 0.5) is 0 Å². The molecule has 3 heterocycles. The van der Waals surface area contributed by atoms with Crippen molar-refractivity contribution in [1.29, 1.82) is 0 Å². The summed E-state index contributed by atoms with van der Waals surface area (Å²) >= 11 is 0.